The molecule has 1 rings (SSSR count). The van der Waals surface area contributed by atoms with E-state index in [0.717, 1.165) is 5.69 Å². The lowest BCUT2D eigenvalue weighted by atomic mass is 10.1. The van der Waals surface area contributed by atoms with Gasteiger partial charge < -0.3 is 4.74 Å². The molecule has 0 saturated carbocycles. The van der Waals surface area contributed by atoms with Crippen molar-refractivity contribution >= 4 is 0 Å². The van der Waals surface area contributed by atoms with Crippen LogP contribution in [0, 0.1) is 0 Å². The third-order valence-corrected chi connectivity index (χ3v) is 1.97. The molecule has 6 nitrogen and oxygen atoms in total. The van der Waals surface area contributed by atoms with Crippen LogP contribution in [-0.2, 0) is 21.7 Å². The molecule has 0 aliphatic heterocycles. The number of hydroxylamine groups is 1. The zero-order valence-electron chi connectivity index (χ0n) is 10.4. The Morgan fingerprint density at radius 2 is 2.12 bits per heavy atom. The molecule has 0 bridgehead atoms. The Morgan fingerprint density at radius 1 is 1.38 bits per heavy atom. The summed E-state index contributed by atoms with van der Waals surface area (Å²) in [5.41, 5.74) is 3.62. The number of hydrogen-bond donors (Lipinski definition) is 1. The van der Waals surface area contributed by atoms with Crippen molar-refractivity contribution in [3.63, 3.8) is 0 Å². The largest absolute Gasteiger partial charge is 0.382 e. The first-order valence-corrected chi connectivity index (χ1v) is 5.29. The number of methoxy groups -OCH3 is 1. The summed E-state index contributed by atoms with van der Waals surface area (Å²) in [6.45, 7) is 7.86. The lowest BCUT2D eigenvalue weighted by Crippen LogP contribution is -2.22. The average Bonchev–Trinajstić information content (AvgIpc) is 2.65. The maximum absolute atomic E-state index is 5.12. The van der Waals surface area contributed by atoms with Gasteiger partial charge in [-0.05, 0) is 20.8 Å². The summed E-state index contributed by atoms with van der Waals surface area (Å²) in [7, 11) is 1.64. The smallest absolute Gasteiger partial charge is 0.0988 e. The van der Waals surface area contributed by atoms with E-state index in [1.807, 2.05) is 10.9 Å². The van der Waals surface area contributed by atoms with E-state index in [0.29, 0.717) is 19.8 Å². The fraction of sp³-hybridized carbons (Fsp3) is 0.800. The first-order valence-electron chi connectivity index (χ1n) is 5.29. The molecule has 0 spiro atoms. The number of hydrogen-bond acceptors (Lipinski definition) is 5. The van der Waals surface area contributed by atoms with Gasteiger partial charge in [0.15, 0.2) is 0 Å². The van der Waals surface area contributed by atoms with Gasteiger partial charge >= 0.3 is 0 Å². The first kappa shape index (κ1) is 13.1. The second kappa shape index (κ2) is 5.93. The van der Waals surface area contributed by atoms with Crippen LogP contribution >= 0.6 is 0 Å². The second-order valence-electron chi connectivity index (χ2n) is 4.49. The third kappa shape index (κ3) is 4.26. The van der Waals surface area contributed by atoms with E-state index >= 15 is 0 Å². The number of ether oxygens (including phenoxy) is 1. The van der Waals surface area contributed by atoms with Crippen molar-refractivity contribution in [2.75, 3.05) is 20.3 Å². The SMILES string of the molecule is COCCONCc1cn(C(C)(C)C)nn1. The first-order chi connectivity index (χ1) is 7.54. The van der Waals surface area contributed by atoms with Gasteiger partial charge in [0.2, 0.25) is 0 Å². The van der Waals surface area contributed by atoms with E-state index in [2.05, 4.69) is 36.6 Å². The predicted octanol–water partition coefficient (Wildman–Crippen LogP) is 0.701. The molecular formula is C10H20N4O2. The Labute approximate surface area is 95.9 Å². The van der Waals surface area contributed by atoms with Crippen LogP contribution in [0.3, 0.4) is 0 Å². The molecule has 0 aliphatic carbocycles. The summed E-state index contributed by atoms with van der Waals surface area (Å²) in [5, 5.41) is 8.09. The molecule has 0 fully saturated rings. The number of rotatable bonds is 6. The summed E-state index contributed by atoms with van der Waals surface area (Å²) < 4.78 is 6.68. The van der Waals surface area contributed by atoms with Crippen LogP contribution in [0.1, 0.15) is 26.5 Å². The molecular weight excluding hydrogens is 208 g/mol. The Morgan fingerprint density at radius 3 is 2.69 bits per heavy atom. The fourth-order valence-corrected chi connectivity index (χ4v) is 1.03. The van der Waals surface area contributed by atoms with E-state index in [1.165, 1.54) is 0 Å². The normalized spacial score (nSPS) is 12.0. The molecule has 0 aliphatic rings. The zero-order valence-corrected chi connectivity index (χ0v) is 10.4. The Kier molecular flexibility index (Phi) is 4.85. The third-order valence-electron chi connectivity index (χ3n) is 1.97. The molecule has 1 N–H and O–H groups in total. The number of nitrogens with one attached hydrogen (secondary N) is 1. The highest BCUT2D eigenvalue weighted by Gasteiger charge is 2.14. The van der Waals surface area contributed by atoms with Crippen molar-refractivity contribution in [1.29, 1.82) is 0 Å². The van der Waals surface area contributed by atoms with Gasteiger partial charge in [0.25, 0.3) is 0 Å². The van der Waals surface area contributed by atoms with E-state index in [1.54, 1.807) is 7.11 Å². The Balaban J connectivity index is 2.30. The molecule has 1 heterocycles. The highest BCUT2D eigenvalue weighted by Crippen LogP contribution is 2.11. The zero-order chi connectivity index (χ0) is 12.0. The van der Waals surface area contributed by atoms with Crippen molar-refractivity contribution in [2.24, 2.45) is 0 Å². The second-order valence-corrected chi connectivity index (χ2v) is 4.49. The molecule has 0 atom stereocenters. The molecule has 16 heavy (non-hydrogen) atoms. The monoisotopic (exact) mass is 228 g/mol. The summed E-state index contributed by atoms with van der Waals surface area (Å²) in [6, 6.07) is 0. The topological polar surface area (TPSA) is 61.2 Å². The van der Waals surface area contributed by atoms with Crippen LogP contribution in [0.25, 0.3) is 0 Å². The van der Waals surface area contributed by atoms with Crippen LogP contribution in [0.2, 0.25) is 0 Å². The lowest BCUT2D eigenvalue weighted by molar-refractivity contribution is 0.00297. The van der Waals surface area contributed by atoms with Crippen molar-refractivity contribution in [3.05, 3.63) is 11.9 Å². The minimum absolute atomic E-state index is 0.0395. The van der Waals surface area contributed by atoms with Crippen molar-refractivity contribution in [3.8, 4) is 0 Å². The standard InChI is InChI=1S/C10H20N4O2/c1-10(2,3)14-8-9(12-13-14)7-11-16-6-5-15-4/h8,11H,5-7H2,1-4H3. The van der Waals surface area contributed by atoms with Gasteiger partial charge in [-0.25, -0.2) is 4.68 Å². The van der Waals surface area contributed by atoms with Gasteiger partial charge in [-0.15, -0.1) is 5.10 Å². The van der Waals surface area contributed by atoms with Crippen LogP contribution in [0.5, 0.6) is 0 Å². The minimum atomic E-state index is -0.0395. The van der Waals surface area contributed by atoms with Gasteiger partial charge in [-0.3, -0.25) is 4.84 Å². The van der Waals surface area contributed by atoms with Crippen LogP contribution in [0.4, 0.5) is 0 Å². The van der Waals surface area contributed by atoms with Crippen molar-refractivity contribution in [2.45, 2.75) is 32.9 Å². The van der Waals surface area contributed by atoms with Gasteiger partial charge in [0.1, 0.15) is 0 Å². The van der Waals surface area contributed by atoms with Crippen molar-refractivity contribution < 1.29 is 9.57 Å². The molecule has 1 aromatic heterocycles. The molecule has 0 amide bonds. The minimum Gasteiger partial charge on any atom is -0.382 e. The summed E-state index contributed by atoms with van der Waals surface area (Å²) in [5.74, 6) is 0. The molecule has 0 saturated heterocycles. The van der Waals surface area contributed by atoms with Crippen LogP contribution < -0.4 is 5.48 Å². The van der Waals surface area contributed by atoms with Gasteiger partial charge in [-0.2, -0.15) is 5.48 Å². The Hall–Kier alpha value is -0.980. The maximum Gasteiger partial charge on any atom is 0.0988 e. The predicted molar refractivity (Wildman–Crippen MR) is 59.7 cm³/mol. The number of nitrogens with zero attached hydrogens (tertiary/aromatic N) is 3. The summed E-state index contributed by atoms with van der Waals surface area (Å²) in [6.07, 6.45) is 1.91. The summed E-state index contributed by atoms with van der Waals surface area (Å²) in [4.78, 5) is 5.12. The molecule has 1 aromatic rings. The average molecular weight is 228 g/mol. The van der Waals surface area contributed by atoms with Gasteiger partial charge in [-0.1, -0.05) is 5.21 Å². The van der Waals surface area contributed by atoms with Crippen molar-refractivity contribution in [1.82, 2.24) is 20.5 Å². The fourth-order valence-electron chi connectivity index (χ4n) is 1.03. The van der Waals surface area contributed by atoms with Crippen LogP contribution in [-0.4, -0.2) is 35.3 Å². The molecule has 6 heteroatoms. The summed E-state index contributed by atoms with van der Waals surface area (Å²) >= 11 is 0. The molecule has 0 radical (unpaired) electrons. The molecule has 92 valence electrons. The maximum atomic E-state index is 5.12. The Bertz CT molecular complexity index is 306. The van der Waals surface area contributed by atoms with E-state index in [4.69, 9.17) is 9.57 Å². The molecule has 0 aromatic carbocycles. The molecule has 0 unspecified atom stereocenters. The highest BCUT2D eigenvalue weighted by molar-refractivity contribution is 4.93. The van der Waals surface area contributed by atoms with E-state index in [-0.39, 0.29) is 5.54 Å². The van der Waals surface area contributed by atoms with E-state index in [9.17, 15) is 0 Å². The lowest BCUT2D eigenvalue weighted by Gasteiger charge is -2.17. The van der Waals surface area contributed by atoms with Gasteiger partial charge in [0.05, 0.1) is 37.2 Å². The van der Waals surface area contributed by atoms with E-state index < -0.39 is 0 Å². The quantitative estimate of drug-likeness (QED) is 0.573. The highest BCUT2D eigenvalue weighted by atomic mass is 16.7. The van der Waals surface area contributed by atoms with Gasteiger partial charge in [0, 0.05) is 7.11 Å². The van der Waals surface area contributed by atoms with Crippen LogP contribution in [0.15, 0.2) is 6.20 Å². The number of aromatic nitrogens is 3.